The minimum atomic E-state index is -1.18. The highest BCUT2D eigenvalue weighted by Crippen LogP contribution is 2.13. The van der Waals surface area contributed by atoms with E-state index in [1.165, 1.54) is 32.2 Å². The molecule has 0 radical (unpaired) electrons. The van der Waals surface area contributed by atoms with Crippen LogP contribution in [0.1, 0.15) is 34.0 Å². The molecule has 0 aromatic heterocycles. The lowest BCUT2D eigenvalue weighted by Crippen LogP contribution is -2.48. The number of rotatable bonds is 7. The Hall–Kier alpha value is -3.51. The molecule has 7 nitrogen and oxygen atoms in total. The van der Waals surface area contributed by atoms with E-state index in [9.17, 15) is 19.1 Å². The number of esters is 1. The fraction of sp³-hybridized carbons (Fsp3) is 0.333. The molecule has 0 spiro atoms. The molecule has 2 aromatic carbocycles. The number of benzene rings is 2. The van der Waals surface area contributed by atoms with Gasteiger partial charge in [-0.05, 0) is 54.3 Å². The lowest BCUT2D eigenvalue weighted by Gasteiger charge is -2.26. The molecule has 2 N–H and O–H groups in total. The SMILES string of the molecule is COC(=O)C(NC(=O)c1ccc(C#C/C(F)=C\c2ccc(CN3CCOCC3)cc2)cc1)C(C)O. The van der Waals surface area contributed by atoms with E-state index in [1.54, 1.807) is 12.1 Å². The van der Waals surface area contributed by atoms with Crippen molar-refractivity contribution in [3.8, 4) is 11.8 Å². The van der Waals surface area contributed by atoms with Crippen molar-refractivity contribution in [3.63, 3.8) is 0 Å². The maximum absolute atomic E-state index is 14.3. The molecule has 35 heavy (non-hydrogen) atoms. The smallest absolute Gasteiger partial charge is 0.331 e. The number of methoxy groups -OCH3 is 1. The maximum Gasteiger partial charge on any atom is 0.331 e. The zero-order chi connectivity index (χ0) is 25.2. The molecule has 8 heteroatoms. The van der Waals surface area contributed by atoms with E-state index < -0.39 is 29.8 Å². The number of morpholine rings is 1. The summed E-state index contributed by atoms with van der Waals surface area (Å²) in [6, 6.07) is 12.7. The minimum absolute atomic E-state index is 0.262. The number of hydrogen-bond donors (Lipinski definition) is 2. The van der Waals surface area contributed by atoms with Gasteiger partial charge in [0.2, 0.25) is 0 Å². The third kappa shape index (κ3) is 8.04. The number of nitrogens with zero attached hydrogens (tertiary/aromatic N) is 1. The highest BCUT2D eigenvalue weighted by molar-refractivity contribution is 5.97. The van der Waals surface area contributed by atoms with Crippen molar-refractivity contribution < 1.29 is 28.6 Å². The molecular formula is C27H29FN2O5. The number of hydrogen-bond acceptors (Lipinski definition) is 6. The third-order valence-corrected chi connectivity index (χ3v) is 5.48. The Bertz CT molecular complexity index is 1100. The molecule has 2 aromatic rings. The summed E-state index contributed by atoms with van der Waals surface area (Å²) in [5.74, 6) is 3.32. The van der Waals surface area contributed by atoms with Crippen LogP contribution in [0, 0.1) is 11.8 Å². The average Bonchev–Trinajstić information content (AvgIpc) is 2.87. The maximum atomic E-state index is 14.3. The van der Waals surface area contributed by atoms with E-state index in [0.29, 0.717) is 11.1 Å². The Morgan fingerprint density at radius 1 is 1.17 bits per heavy atom. The van der Waals surface area contributed by atoms with E-state index in [0.717, 1.165) is 38.4 Å². The molecule has 1 heterocycles. The van der Waals surface area contributed by atoms with Crippen LogP contribution >= 0.6 is 0 Å². The quantitative estimate of drug-likeness (QED) is 0.468. The number of carbonyl (C=O) groups is 2. The summed E-state index contributed by atoms with van der Waals surface area (Å²) >= 11 is 0. The highest BCUT2D eigenvalue weighted by atomic mass is 19.1. The number of nitrogens with one attached hydrogen (secondary N) is 1. The summed E-state index contributed by atoms with van der Waals surface area (Å²) in [4.78, 5) is 26.4. The van der Waals surface area contributed by atoms with Crippen molar-refractivity contribution in [1.82, 2.24) is 10.2 Å². The molecular weight excluding hydrogens is 451 g/mol. The summed E-state index contributed by atoms with van der Waals surface area (Å²) in [7, 11) is 1.17. The van der Waals surface area contributed by atoms with Crippen LogP contribution in [0.4, 0.5) is 4.39 Å². The van der Waals surface area contributed by atoms with Crippen molar-refractivity contribution >= 4 is 18.0 Å². The van der Waals surface area contributed by atoms with Crippen molar-refractivity contribution in [2.45, 2.75) is 25.6 Å². The fourth-order valence-corrected chi connectivity index (χ4v) is 3.48. The summed E-state index contributed by atoms with van der Waals surface area (Å²) < 4.78 is 24.3. The fourth-order valence-electron chi connectivity index (χ4n) is 3.48. The summed E-state index contributed by atoms with van der Waals surface area (Å²) in [6.07, 6.45) is 0.253. The van der Waals surface area contributed by atoms with Gasteiger partial charge in [-0.3, -0.25) is 9.69 Å². The number of carbonyl (C=O) groups excluding carboxylic acids is 2. The third-order valence-electron chi connectivity index (χ3n) is 5.48. The van der Waals surface area contributed by atoms with Crippen molar-refractivity contribution in [3.05, 3.63) is 76.6 Å². The molecule has 3 rings (SSSR count). The molecule has 0 aliphatic carbocycles. The monoisotopic (exact) mass is 480 g/mol. The largest absolute Gasteiger partial charge is 0.467 e. The first-order valence-electron chi connectivity index (χ1n) is 11.3. The number of allylic oxidation sites excluding steroid dienone is 1. The zero-order valence-corrected chi connectivity index (χ0v) is 19.8. The Labute approximate surface area is 204 Å². The summed E-state index contributed by atoms with van der Waals surface area (Å²) in [6.45, 7) is 5.54. The van der Waals surface area contributed by atoms with E-state index >= 15 is 0 Å². The van der Waals surface area contributed by atoms with E-state index in [-0.39, 0.29) is 5.56 Å². The molecule has 1 amide bonds. The van der Waals surface area contributed by atoms with Crippen LogP contribution in [0.25, 0.3) is 6.08 Å². The predicted octanol–water partition coefficient (Wildman–Crippen LogP) is 2.53. The predicted molar refractivity (Wildman–Crippen MR) is 130 cm³/mol. The zero-order valence-electron chi connectivity index (χ0n) is 19.8. The molecule has 2 atom stereocenters. The number of amides is 1. The second kappa shape index (κ2) is 12.8. The Balaban J connectivity index is 1.58. The van der Waals surface area contributed by atoms with Gasteiger partial charge in [-0.1, -0.05) is 30.2 Å². The molecule has 0 bridgehead atoms. The van der Waals surface area contributed by atoms with E-state index in [1.807, 2.05) is 24.3 Å². The Morgan fingerprint density at radius 2 is 1.83 bits per heavy atom. The normalized spacial score (nSPS) is 15.9. The summed E-state index contributed by atoms with van der Waals surface area (Å²) in [5.41, 5.74) is 2.66. The number of aliphatic hydroxyl groups is 1. The van der Waals surface area contributed by atoms with Crippen LogP contribution < -0.4 is 5.32 Å². The topological polar surface area (TPSA) is 88.1 Å². The number of aliphatic hydroxyl groups excluding tert-OH is 1. The van der Waals surface area contributed by atoms with Crippen LogP contribution in [0.3, 0.4) is 0 Å². The summed E-state index contributed by atoms with van der Waals surface area (Å²) in [5, 5.41) is 12.1. The number of ether oxygens (including phenoxy) is 2. The van der Waals surface area contributed by atoms with Gasteiger partial charge in [0.05, 0.1) is 26.4 Å². The van der Waals surface area contributed by atoms with Gasteiger partial charge in [0.15, 0.2) is 11.9 Å². The van der Waals surface area contributed by atoms with Gasteiger partial charge in [-0.15, -0.1) is 0 Å². The first kappa shape index (κ1) is 26.1. The molecule has 1 aliphatic heterocycles. The van der Waals surface area contributed by atoms with Crippen molar-refractivity contribution in [1.29, 1.82) is 0 Å². The highest BCUT2D eigenvalue weighted by Gasteiger charge is 2.26. The number of halogens is 1. The lowest BCUT2D eigenvalue weighted by molar-refractivity contribution is -0.145. The van der Waals surface area contributed by atoms with Gasteiger partial charge in [-0.2, -0.15) is 4.39 Å². The van der Waals surface area contributed by atoms with Crippen LogP contribution in [-0.4, -0.2) is 67.4 Å². The second-order valence-electron chi connectivity index (χ2n) is 8.16. The molecule has 184 valence electrons. The van der Waals surface area contributed by atoms with Gasteiger partial charge >= 0.3 is 5.97 Å². The molecule has 0 saturated carbocycles. The standard InChI is InChI=1S/C27H29FN2O5/c1-19(31)25(27(33)34-2)29-26(32)23-10-7-20(8-11-23)9-12-24(28)17-21-3-5-22(6-4-21)18-30-13-15-35-16-14-30/h3-8,10-11,17,19,25,31H,13-16,18H2,1-2H3,(H,29,32)/b24-17+. The van der Waals surface area contributed by atoms with Crippen LogP contribution in [0.15, 0.2) is 54.4 Å². The van der Waals surface area contributed by atoms with E-state index in [2.05, 4.69) is 26.8 Å². The first-order valence-corrected chi connectivity index (χ1v) is 11.3. The molecule has 1 aliphatic rings. The molecule has 1 fully saturated rings. The first-order chi connectivity index (χ1) is 16.9. The second-order valence-corrected chi connectivity index (χ2v) is 8.16. The van der Waals surface area contributed by atoms with Gasteiger partial charge in [0.1, 0.15) is 0 Å². The van der Waals surface area contributed by atoms with Crippen LogP contribution in [-0.2, 0) is 20.8 Å². The van der Waals surface area contributed by atoms with Gasteiger partial charge in [-0.25, -0.2) is 4.79 Å². The molecule has 2 unspecified atom stereocenters. The van der Waals surface area contributed by atoms with Gasteiger partial charge in [0.25, 0.3) is 5.91 Å². The minimum Gasteiger partial charge on any atom is -0.467 e. The Morgan fingerprint density at radius 3 is 2.43 bits per heavy atom. The Kier molecular flexibility index (Phi) is 9.56. The van der Waals surface area contributed by atoms with Crippen LogP contribution in [0.2, 0.25) is 0 Å². The lowest BCUT2D eigenvalue weighted by atomic mass is 10.1. The van der Waals surface area contributed by atoms with Gasteiger partial charge in [0, 0.05) is 30.8 Å². The van der Waals surface area contributed by atoms with Crippen molar-refractivity contribution in [2.75, 3.05) is 33.4 Å². The van der Waals surface area contributed by atoms with Crippen LogP contribution in [0.5, 0.6) is 0 Å². The van der Waals surface area contributed by atoms with Crippen molar-refractivity contribution in [2.24, 2.45) is 0 Å². The van der Waals surface area contributed by atoms with E-state index in [4.69, 9.17) is 4.74 Å². The molecule has 1 saturated heterocycles. The van der Waals surface area contributed by atoms with Gasteiger partial charge < -0.3 is 19.9 Å². The average molecular weight is 481 g/mol.